The van der Waals surface area contributed by atoms with Crippen molar-refractivity contribution < 1.29 is 0 Å². The van der Waals surface area contributed by atoms with E-state index in [4.69, 9.17) is 0 Å². The van der Waals surface area contributed by atoms with Gasteiger partial charge in [0.15, 0.2) is 0 Å². The third kappa shape index (κ3) is 6.77. The Kier molecular flexibility index (Phi) is 7.70. The van der Waals surface area contributed by atoms with Gasteiger partial charge < -0.3 is 10.2 Å². The van der Waals surface area contributed by atoms with E-state index in [1.54, 1.807) is 0 Å². The summed E-state index contributed by atoms with van der Waals surface area (Å²) in [5, 5.41) is 3.48. The van der Waals surface area contributed by atoms with Gasteiger partial charge in [-0.2, -0.15) is 0 Å². The van der Waals surface area contributed by atoms with Crippen molar-refractivity contribution in [3.63, 3.8) is 0 Å². The lowest BCUT2D eigenvalue weighted by Gasteiger charge is -2.21. The summed E-state index contributed by atoms with van der Waals surface area (Å²) in [5.41, 5.74) is 1.45. The molecule has 0 aliphatic carbocycles. The van der Waals surface area contributed by atoms with Crippen molar-refractivity contribution in [2.75, 3.05) is 26.2 Å². The van der Waals surface area contributed by atoms with E-state index in [2.05, 4.69) is 61.3 Å². The summed E-state index contributed by atoms with van der Waals surface area (Å²) in [5.74, 6) is 0. The summed E-state index contributed by atoms with van der Waals surface area (Å²) in [6.45, 7) is 11.2. The van der Waals surface area contributed by atoms with Crippen molar-refractivity contribution in [2.45, 2.75) is 39.7 Å². The molecule has 0 heterocycles. The third-order valence-electron chi connectivity index (χ3n) is 3.21. The van der Waals surface area contributed by atoms with E-state index in [-0.39, 0.29) is 0 Å². The second-order valence-electron chi connectivity index (χ2n) is 5.13. The number of benzene rings is 1. The molecule has 1 rings (SSSR count). The molecule has 0 amide bonds. The van der Waals surface area contributed by atoms with Crippen LogP contribution in [0.2, 0.25) is 0 Å². The minimum atomic E-state index is 0.591. The lowest BCUT2D eigenvalue weighted by Crippen LogP contribution is -2.35. The maximum Gasteiger partial charge on any atom is 0.0107 e. The van der Waals surface area contributed by atoms with E-state index in [1.807, 2.05) is 0 Å². The molecule has 1 aromatic carbocycles. The van der Waals surface area contributed by atoms with E-state index in [1.165, 1.54) is 24.9 Å². The molecule has 0 aliphatic heterocycles. The normalized spacial score (nSPS) is 11.4. The summed E-state index contributed by atoms with van der Waals surface area (Å²) >= 11 is 0. The van der Waals surface area contributed by atoms with Crippen molar-refractivity contribution in [3.05, 3.63) is 35.9 Å². The summed E-state index contributed by atoms with van der Waals surface area (Å²) < 4.78 is 0. The first kappa shape index (κ1) is 15.2. The van der Waals surface area contributed by atoms with Gasteiger partial charge in [0, 0.05) is 19.1 Å². The molecular formula is C16H28N2. The number of rotatable bonds is 9. The number of hydrogen-bond acceptors (Lipinski definition) is 2. The molecule has 0 bridgehead atoms. The van der Waals surface area contributed by atoms with Crippen LogP contribution in [0.25, 0.3) is 0 Å². The van der Waals surface area contributed by atoms with Crippen molar-refractivity contribution in [1.82, 2.24) is 10.2 Å². The van der Waals surface area contributed by atoms with Crippen LogP contribution >= 0.6 is 0 Å². The molecule has 0 spiro atoms. The number of hydrogen-bond donors (Lipinski definition) is 1. The largest absolute Gasteiger partial charge is 0.313 e. The van der Waals surface area contributed by atoms with Crippen LogP contribution in [0.1, 0.15) is 32.8 Å². The number of nitrogens with zero attached hydrogens (tertiary/aromatic N) is 1. The van der Waals surface area contributed by atoms with Gasteiger partial charge in [-0.3, -0.25) is 0 Å². The van der Waals surface area contributed by atoms with Crippen molar-refractivity contribution in [3.8, 4) is 0 Å². The molecule has 0 aliphatic rings. The highest BCUT2D eigenvalue weighted by molar-refractivity contribution is 5.14. The highest BCUT2D eigenvalue weighted by Crippen LogP contribution is 2.03. The average Bonchev–Trinajstić information content (AvgIpc) is 2.38. The maximum atomic E-state index is 3.48. The Morgan fingerprint density at radius 3 is 2.44 bits per heavy atom. The summed E-state index contributed by atoms with van der Waals surface area (Å²) in [4.78, 5) is 2.53. The standard InChI is InChI=1S/C16H28N2/c1-4-18(14-12-17-15(2)3)13-8-11-16-9-6-5-7-10-16/h5-7,9-10,15,17H,4,8,11-14H2,1-3H3. The zero-order chi connectivity index (χ0) is 13.2. The smallest absolute Gasteiger partial charge is 0.0107 e. The lowest BCUT2D eigenvalue weighted by atomic mass is 10.1. The Labute approximate surface area is 112 Å². The summed E-state index contributed by atoms with van der Waals surface area (Å²) in [6.07, 6.45) is 2.44. The van der Waals surface area contributed by atoms with Gasteiger partial charge in [-0.15, -0.1) is 0 Å². The Morgan fingerprint density at radius 1 is 1.11 bits per heavy atom. The van der Waals surface area contributed by atoms with Crippen LogP contribution in [0.5, 0.6) is 0 Å². The molecule has 0 fully saturated rings. The van der Waals surface area contributed by atoms with Gasteiger partial charge in [-0.25, -0.2) is 0 Å². The van der Waals surface area contributed by atoms with Crippen LogP contribution in [0.15, 0.2) is 30.3 Å². The van der Waals surface area contributed by atoms with Crippen molar-refractivity contribution in [2.24, 2.45) is 0 Å². The fourth-order valence-corrected chi connectivity index (χ4v) is 2.09. The SMILES string of the molecule is CCN(CCCc1ccccc1)CCNC(C)C. The second kappa shape index (κ2) is 9.12. The van der Waals surface area contributed by atoms with Crippen LogP contribution < -0.4 is 5.32 Å². The monoisotopic (exact) mass is 248 g/mol. The molecule has 1 aromatic rings. The molecule has 0 radical (unpaired) electrons. The molecule has 1 N–H and O–H groups in total. The first-order chi connectivity index (χ1) is 8.72. The first-order valence-corrected chi connectivity index (χ1v) is 7.22. The number of likely N-dealkylation sites (N-methyl/N-ethyl adjacent to an activating group) is 1. The van der Waals surface area contributed by atoms with Gasteiger partial charge in [0.1, 0.15) is 0 Å². The van der Waals surface area contributed by atoms with Crippen molar-refractivity contribution in [1.29, 1.82) is 0 Å². The predicted octanol–water partition coefficient (Wildman–Crippen LogP) is 2.94. The van der Waals surface area contributed by atoms with Crippen LogP contribution in [-0.4, -0.2) is 37.1 Å². The average molecular weight is 248 g/mol. The molecule has 0 saturated heterocycles. The molecule has 0 unspecified atom stereocenters. The lowest BCUT2D eigenvalue weighted by molar-refractivity contribution is 0.281. The van der Waals surface area contributed by atoms with Gasteiger partial charge in [-0.05, 0) is 31.5 Å². The minimum absolute atomic E-state index is 0.591. The quantitative estimate of drug-likeness (QED) is 0.723. The Hall–Kier alpha value is -0.860. The molecule has 2 nitrogen and oxygen atoms in total. The number of nitrogens with one attached hydrogen (secondary N) is 1. The molecule has 2 heteroatoms. The highest BCUT2D eigenvalue weighted by atomic mass is 15.1. The predicted molar refractivity (Wildman–Crippen MR) is 80.0 cm³/mol. The molecule has 18 heavy (non-hydrogen) atoms. The fraction of sp³-hybridized carbons (Fsp3) is 0.625. The topological polar surface area (TPSA) is 15.3 Å². The van der Waals surface area contributed by atoms with Gasteiger partial charge in [0.05, 0.1) is 0 Å². The molecule has 0 aromatic heterocycles. The summed E-state index contributed by atoms with van der Waals surface area (Å²) in [6, 6.07) is 11.4. The highest BCUT2D eigenvalue weighted by Gasteiger charge is 2.02. The molecule has 102 valence electrons. The van der Waals surface area contributed by atoms with Crippen LogP contribution in [0, 0.1) is 0 Å². The molecule has 0 atom stereocenters. The van der Waals surface area contributed by atoms with Gasteiger partial charge >= 0.3 is 0 Å². The van der Waals surface area contributed by atoms with E-state index < -0.39 is 0 Å². The van der Waals surface area contributed by atoms with E-state index in [0.717, 1.165) is 19.6 Å². The Morgan fingerprint density at radius 2 is 1.83 bits per heavy atom. The maximum absolute atomic E-state index is 3.48. The summed E-state index contributed by atoms with van der Waals surface area (Å²) in [7, 11) is 0. The van der Waals surface area contributed by atoms with Gasteiger partial charge in [0.2, 0.25) is 0 Å². The molecular weight excluding hydrogens is 220 g/mol. The zero-order valence-corrected chi connectivity index (χ0v) is 12.2. The van der Waals surface area contributed by atoms with Crippen LogP contribution in [0.4, 0.5) is 0 Å². The zero-order valence-electron chi connectivity index (χ0n) is 12.2. The van der Waals surface area contributed by atoms with Crippen LogP contribution in [0.3, 0.4) is 0 Å². The van der Waals surface area contributed by atoms with E-state index in [9.17, 15) is 0 Å². The Balaban J connectivity index is 2.15. The van der Waals surface area contributed by atoms with E-state index in [0.29, 0.717) is 6.04 Å². The van der Waals surface area contributed by atoms with Crippen LogP contribution in [-0.2, 0) is 6.42 Å². The first-order valence-electron chi connectivity index (χ1n) is 7.22. The number of aryl methyl sites for hydroxylation is 1. The van der Waals surface area contributed by atoms with Gasteiger partial charge in [-0.1, -0.05) is 51.1 Å². The van der Waals surface area contributed by atoms with E-state index >= 15 is 0 Å². The van der Waals surface area contributed by atoms with Crippen molar-refractivity contribution >= 4 is 0 Å². The third-order valence-corrected chi connectivity index (χ3v) is 3.21. The van der Waals surface area contributed by atoms with Gasteiger partial charge in [0.25, 0.3) is 0 Å². The Bertz CT molecular complexity index is 295. The minimum Gasteiger partial charge on any atom is -0.313 e. The second-order valence-corrected chi connectivity index (χ2v) is 5.13. The fourth-order valence-electron chi connectivity index (χ4n) is 2.09. The molecule has 0 saturated carbocycles.